The van der Waals surface area contributed by atoms with Crippen LogP contribution in [0.15, 0.2) is 4.99 Å². The van der Waals surface area contributed by atoms with E-state index in [4.69, 9.17) is 9.47 Å². The average Bonchev–Trinajstić information content (AvgIpc) is 2.89. The summed E-state index contributed by atoms with van der Waals surface area (Å²) in [6.07, 6.45) is 6.64. The molecule has 1 amide bonds. The number of aliphatic imine (C=N–C) groups is 1. The molecule has 1 saturated carbocycles. The first-order valence-corrected chi connectivity index (χ1v) is 6.91. The highest BCUT2D eigenvalue weighted by molar-refractivity contribution is 8.14. The quantitative estimate of drug-likeness (QED) is 0.439. The van der Waals surface area contributed by atoms with E-state index in [1.54, 1.807) is 13.8 Å². The van der Waals surface area contributed by atoms with Crippen LogP contribution in [0.5, 0.6) is 0 Å². The van der Waals surface area contributed by atoms with Gasteiger partial charge in [-0.25, -0.2) is 4.79 Å². The van der Waals surface area contributed by atoms with Crippen LogP contribution in [0.3, 0.4) is 0 Å². The number of thioether (sulfide) groups is 1. The molecule has 0 bridgehead atoms. The molecule has 19 heavy (non-hydrogen) atoms. The number of hydrogen-bond acceptors (Lipinski definition) is 5. The van der Waals surface area contributed by atoms with E-state index in [0.29, 0.717) is 11.7 Å². The van der Waals surface area contributed by atoms with Crippen LogP contribution in [-0.4, -0.2) is 36.1 Å². The van der Waals surface area contributed by atoms with Crippen molar-refractivity contribution in [3.8, 4) is 0 Å². The van der Waals surface area contributed by atoms with Crippen LogP contribution in [0.1, 0.15) is 13.8 Å². The van der Waals surface area contributed by atoms with Crippen molar-refractivity contribution >= 4 is 28.9 Å². The minimum absolute atomic E-state index is 0.108. The minimum Gasteiger partial charge on any atom is -0.465 e. The molecular formula is C13H16NO4S. The molecule has 0 aliphatic heterocycles. The Morgan fingerprint density at radius 1 is 1.16 bits per heavy atom. The summed E-state index contributed by atoms with van der Waals surface area (Å²) in [5.74, 6) is 0.551. The normalized spacial score (nSPS) is 16.4. The van der Waals surface area contributed by atoms with Gasteiger partial charge in [0.15, 0.2) is 0 Å². The number of ether oxygens (including phenoxy) is 2. The third kappa shape index (κ3) is 6.09. The molecule has 5 nitrogen and oxygen atoms in total. The maximum absolute atomic E-state index is 11.4. The van der Waals surface area contributed by atoms with Gasteiger partial charge >= 0.3 is 12.1 Å². The van der Waals surface area contributed by atoms with Gasteiger partial charge in [0.1, 0.15) is 0 Å². The Labute approximate surface area is 118 Å². The second-order valence-corrected chi connectivity index (χ2v) is 4.35. The average molecular weight is 282 g/mol. The number of carbonyl (C=O) groups excluding carboxylic acids is 2. The molecule has 1 aliphatic rings. The van der Waals surface area contributed by atoms with Crippen molar-refractivity contribution < 1.29 is 19.1 Å². The third-order valence-corrected chi connectivity index (χ3v) is 2.98. The number of hydrogen-bond donors (Lipinski definition) is 0. The molecule has 6 heteroatoms. The van der Waals surface area contributed by atoms with E-state index in [-0.39, 0.29) is 18.3 Å². The molecule has 0 unspecified atom stereocenters. The molecule has 0 atom stereocenters. The lowest BCUT2D eigenvalue weighted by Gasteiger charge is -2.10. The van der Waals surface area contributed by atoms with E-state index in [2.05, 4.69) is 4.99 Å². The van der Waals surface area contributed by atoms with Crippen molar-refractivity contribution in [3.05, 3.63) is 31.6 Å². The van der Waals surface area contributed by atoms with E-state index in [1.807, 2.05) is 25.7 Å². The predicted molar refractivity (Wildman–Crippen MR) is 74.0 cm³/mol. The predicted octanol–water partition coefficient (Wildman–Crippen LogP) is 2.24. The van der Waals surface area contributed by atoms with Crippen LogP contribution in [0, 0.1) is 31.6 Å². The van der Waals surface area contributed by atoms with Crippen LogP contribution in [0.2, 0.25) is 0 Å². The van der Waals surface area contributed by atoms with Gasteiger partial charge in [-0.2, -0.15) is 4.99 Å². The molecule has 1 rings (SSSR count). The highest BCUT2D eigenvalue weighted by atomic mass is 32.2. The molecule has 0 aromatic carbocycles. The monoisotopic (exact) mass is 282 g/mol. The Bertz CT molecular complexity index is 338. The zero-order valence-electron chi connectivity index (χ0n) is 10.9. The first-order valence-electron chi connectivity index (χ1n) is 5.93. The number of rotatable bonds is 5. The van der Waals surface area contributed by atoms with Crippen LogP contribution < -0.4 is 0 Å². The fourth-order valence-corrected chi connectivity index (χ4v) is 2.05. The Hall–Kier alpha value is -1.04. The molecule has 0 aromatic rings. The van der Waals surface area contributed by atoms with Gasteiger partial charge < -0.3 is 9.47 Å². The summed E-state index contributed by atoms with van der Waals surface area (Å²) in [5, 5.41) is 0.455. The summed E-state index contributed by atoms with van der Waals surface area (Å²) in [6.45, 7) is 4.05. The number of carbonyl (C=O) groups is 2. The molecule has 0 heterocycles. The van der Waals surface area contributed by atoms with Crippen molar-refractivity contribution in [1.29, 1.82) is 0 Å². The van der Waals surface area contributed by atoms with Gasteiger partial charge in [0, 0.05) is 5.92 Å². The van der Waals surface area contributed by atoms with Gasteiger partial charge in [0.05, 0.1) is 24.0 Å². The summed E-state index contributed by atoms with van der Waals surface area (Å²) >= 11 is 1.16. The largest absolute Gasteiger partial charge is 0.465 e. The number of nitrogens with zero attached hydrogens (tertiary/aromatic N) is 1. The Morgan fingerprint density at radius 2 is 1.79 bits per heavy atom. The fraction of sp³-hybridized carbons (Fsp3) is 0.385. The van der Waals surface area contributed by atoms with Crippen LogP contribution in [0.25, 0.3) is 0 Å². The Morgan fingerprint density at radius 3 is 2.37 bits per heavy atom. The Balaban J connectivity index is 2.58. The van der Waals surface area contributed by atoms with Crippen molar-refractivity contribution in [2.24, 2.45) is 4.99 Å². The van der Waals surface area contributed by atoms with E-state index in [0.717, 1.165) is 17.7 Å². The van der Waals surface area contributed by atoms with Crippen molar-refractivity contribution in [1.82, 2.24) is 0 Å². The standard InChI is InChI=1S/C13H16NO4S/c1-3-17-11(15)9-19-12(10-7-5-6-8-10)14-13(16)18-4-2/h5-8H,3-4,9H2,1-2H3/b14-12-. The zero-order chi connectivity index (χ0) is 14.1. The minimum atomic E-state index is -0.657. The summed E-state index contributed by atoms with van der Waals surface area (Å²) in [6, 6.07) is 0. The van der Waals surface area contributed by atoms with Crippen molar-refractivity contribution in [2.75, 3.05) is 19.0 Å². The molecule has 0 N–H and O–H groups in total. The molecular weight excluding hydrogens is 266 g/mol. The fourth-order valence-electron chi connectivity index (χ4n) is 1.27. The van der Waals surface area contributed by atoms with Gasteiger partial charge in [-0.3, -0.25) is 4.79 Å². The molecule has 0 saturated heterocycles. The summed E-state index contributed by atoms with van der Waals surface area (Å²) < 4.78 is 9.60. The lowest BCUT2D eigenvalue weighted by atomic mass is 10.1. The smallest absolute Gasteiger partial charge is 0.434 e. The maximum Gasteiger partial charge on any atom is 0.434 e. The van der Waals surface area contributed by atoms with Gasteiger partial charge in [0.2, 0.25) is 0 Å². The Kier molecular flexibility index (Phi) is 7.55. The molecule has 1 aliphatic carbocycles. The van der Waals surface area contributed by atoms with Crippen LogP contribution >= 0.6 is 11.8 Å². The topological polar surface area (TPSA) is 65.0 Å². The van der Waals surface area contributed by atoms with Gasteiger partial charge in [0.25, 0.3) is 0 Å². The molecule has 103 valence electrons. The van der Waals surface area contributed by atoms with Crippen molar-refractivity contribution in [3.63, 3.8) is 0 Å². The lowest BCUT2D eigenvalue weighted by molar-refractivity contribution is -0.139. The highest BCUT2D eigenvalue weighted by Crippen LogP contribution is 2.29. The molecule has 0 spiro atoms. The molecule has 1 fully saturated rings. The van der Waals surface area contributed by atoms with E-state index in [1.165, 1.54) is 0 Å². The van der Waals surface area contributed by atoms with Crippen molar-refractivity contribution in [2.45, 2.75) is 13.8 Å². The van der Waals surface area contributed by atoms with E-state index < -0.39 is 6.09 Å². The van der Waals surface area contributed by atoms with Gasteiger partial charge in [-0.05, 0) is 39.5 Å². The van der Waals surface area contributed by atoms with Crippen LogP contribution in [-0.2, 0) is 14.3 Å². The molecule has 5 radical (unpaired) electrons. The second kappa shape index (κ2) is 8.96. The number of esters is 1. The number of amides is 1. The third-order valence-electron chi connectivity index (χ3n) is 2.00. The van der Waals surface area contributed by atoms with Gasteiger partial charge in [-0.1, -0.05) is 11.8 Å². The zero-order valence-corrected chi connectivity index (χ0v) is 11.7. The summed E-state index contributed by atoms with van der Waals surface area (Å²) in [7, 11) is 0. The van der Waals surface area contributed by atoms with E-state index in [9.17, 15) is 9.59 Å². The van der Waals surface area contributed by atoms with Crippen LogP contribution in [0.4, 0.5) is 4.79 Å². The second-order valence-electron chi connectivity index (χ2n) is 3.38. The summed E-state index contributed by atoms with van der Waals surface area (Å²) in [4.78, 5) is 26.5. The first kappa shape index (κ1) is 16.0. The van der Waals surface area contributed by atoms with Gasteiger partial charge in [-0.15, -0.1) is 0 Å². The van der Waals surface area contributed by atoms with E-state index >= 15 is 0 Å². The summed E-state index contributed by atoms with van der Waals surface area (Å²) in [5.41, 5.74) is 0. The maximum atomic E-state index is 11.4. The lowest BCUT2D eigenvalue weighted by Crippen LogP contribution is -2.14. The first-order chi connectivity index (χ1) is 9.17. The SMILES string of the molecule is CCOC(=O)CS/C(=N\C(=O)OCC)[C]1[CH][CH][CH][CH]1. The molecule has 0 aromatic heterocycles. The highest BCUT2D eigenvalue weighted by Gasteiger charge is 2.25.